The normalized spacial score (nSPS) is 18.4. The second-order valence-electron chi connectivity index (χ2n) is 6.99. The highest BCUT2D eigenvalue weighted by molar-refractivity contribution is 9.10. The molecule has 0 bridgehead atoms. The van der Waals surface area contributed by atoms with Crippen LogP contribution in [0.1, 0.15) is 38.1 Å². The molecule has 1 fully saturated rings. The predicted octanol–water partition coefficient (Wildman–Crippen LogP) is 3.17. The van der Waals surface area contributed by atoms with E-state index in [-0.39, 0.29) is 11.6 Å². The van der Waals surface area contributed by atoms with Crippen molar-refractivity contribution in [2.75, 3.05) is 33.2 Å². The summed E-state index contributed by atoms with van der Waals surface area (Å²) < 4.78 is 2.66. The van der Waals surface area contributed by atoms with Crippen LogP contribution in [0, 0.1) is 0 Å². The Morgan fingerprint density at radius 1 is 1.20 bits per heavy atom. The topological polar surface area (TPSA) is 41.4 Å². The van der Waals surface area contributed by atoms with Gasteiger partial charge in [0.1, 0.15) is 5.82 Å². The van der Waals surface area contributed by atoms with E-state index >= 15 is 0 Å². The summed E-state index contributed by atoms with van der Waals surface area (Å²) in [7, 11) is 4.04. The van der Waals surface area contributed by atoms with Crippen molar-refractivity contribution in [1.82, 2.24) is 19.4 Å². The standard InChI is InChI=1S/C19H27BrN4O/c1-4-6-17(24-10-5-9-22(2)11-12-24)18-21-16-8-7-14(20)13-15(16)19(25)23(18)3/h7-8,13,17H,4-6,9-12H2,1-3H3. The van der Waals surface area contributed by atoms with Crippen molar-refractivity contribution >= 4 is 26.8 Å². The smallest absolute Gasteiger partial charge is 0.261 e. The zero-order valence-corrected chi connectivity index (χ0v) is 16.9. The molecule has 0 radical (unpaired) electrons. The van der Waals surface area contributed by atoms with Gasteiger partial charge in [0.25, 0.3) is 5.56 Å². The first-order valence-electron chi connectivity index (χ1n) is 9.10. The summed E-state index contributed by atoms with van der Waals surface area (Å²) in [6.45, 7) is 6.48. The fourth-order valence-electron chi connectivity index (χ4n) is 3.68. The van der Waals surface area contributed by atoms with Crippen molar-refractivity contribution < 1.29 is 0 Å². The molecule has 2 aromatic rings. The van der Waals surface area contributed by atoms with E-state index in [1.807, 2.05) is 25.2 Å². The Labute approximate surface area is 157 Å². The second-order valence-corrected chi connectivity index (χ2v) is 7.91. The van der Waals surface area contributed by atoms with Crippen molar-refractivity contribution in [1.29, 1.82) is 0 Å². The highest BCUT2D eigenvalue weighted by Gasteiger charge is 2.26. The molecule has 5 nitrogen and oxygen atoms in total. The number of hydrogen-bond acceptors (Lipinski definition) is 4. The zero-order chi connectivity index (χ0) is 18.0. The molecule has 0 amide bonds. The van der Waals surface area contributed by atoms with E-state index in [4.69, 9.17) is 4.98 Å². The second kappa shape index (κ2) is 7.98. The Morgan fingerprint density at radius 3 is 2.76 bits per heavy atom. The number of aromatic nitrogens is 2. The molecular weight excluding hydrogens is 380 g/mol. The van der Waals surface area contributed by atoms with Gasteiger partial charge < -0.3 is 4.90 Å². The van der Waals surface area contributed by atoms with Gasteiger partial charge in [-0.15, -0.1) is 0 Å². The molecule has 1 unspecified atom stereocenters. The number of halogens is 1. The molecule has 1 aliphatic rings. The van der Waals surface area contributed by atoms with Gasteiger partial charge in [-0.3, -0.25) is 14.3 Å². The fraction of sp³-hybridized carbons (Fsp3) is 0.579. The van der Waals surface area contributed by atoms with E-state index in [0.717, 1.165) is 61.3 Å². The maximum Gasteiger partial charge on any atom is 0.261 e. The van der Waals surface area contributed by atoms with Crippen LogP contribution < -0.4 is 5.56 Å². The maximum atomic E-state index is 12.9. The molecule has 1 saturated heterocycles. The molecular formula is C19H27BrN4O. The van der Waals surface area contributed by atoms with Crippen LogP contribution in [0.4, 0.5) is 0 Å². The molecule has 0 spiro atoms. The minimum Gasteiger partial charge on any atom is -0.305 e. The van der Waals surface area contributed by atoms with Crippen LogP contribution in [0.15, 0.2) is 27.5 Å². The number of rotatable bonds is 4. The van der Waals surface area contributed by atoms with Crippen LogP contribution in [-0.2, 0) is 7.05 Å². The lowest BCUT2D eigenvalue weighted by atomic mass is 10.1. The minimum absolute atomic E-state index is 0.0364. The Kier molecular flexibility index (Phi) is 5.92. The first-order valence-corrected chi connectivity index (χ1v) is 9.89. The molecule has 1 aliphatic heterocycles. The van der Waals surface area contributed by atoms with E-state index in [2.05, 4.69) is 39.7 Å². The van der Waals surface area contributed by atoms with Crippen molar-refractivity contribution in [2.45, 2.75) is 32.2 Å². The molecule has 0 saturated carbocycles. The van der Waals surface area contributed by atoms with E-state index in [1.165, 1.54) is 0 Å². The Hall–Kier alpha value is -1.24. The third-order valence-electron chi connectivity index (χ3n) is 5.13. The molecule has 0 N–H and O–H groups in total. The number of hydrogen-bond donors (Lipinski definition) is 0. The van der Waals surface area contributed by atoms with E-state index in [0.29, 0.717) is 5.39 Å². The average molecular weight is 407 g/mol. The van der Waals surface area contributed by atoms with E-state index in [9.17, 15) is 4.79 Å². The lowest BCUT2D eigenvalue weighted by Gasteiger charge is -2.31. The van der Waals surface area contributed by atoms with Gasteiger partial charge in [-0.1, -0.05) is 29.3 Å². The molecule has 25 heavy (non-hydrogen) atoms. The average Bonchev–Trinajstić information content (AvgIpc) is 2.81. The maximum absolute atomic E-state index is 12.9. The van der Waals surface area contributed by atoms with Crippen molar-refractivity contribution in [3.63, 3.8) is 0 Å². The quantitative estimate of drug-likeness (QED) is 0.781. The Balaban J connectivity index is 2.05. The number of benzene rings is 1. The third kappa shape index (κ3) is 3.96. The van der Waals surface area contributed by atoms with Crippen LogP contribution >= 0.6 is 15.9 Å². The molecule has 1 aromatic heterocycles. The van der Waals surface area contributed by atoms with Gasteiger partial charge in [-0.25, -0.2) is 4.98 Å². The van der Waals surface area contributed by atoms with E-state index < -0.39 is 0 Å². The van der Waals surface area contributed by atoms with Crippen LogP contribution in [0.5, 0.6) is 0 Å². The van der Waals surface area contributed by atoms with Crippen molar-refractivity contribution in [2.24, 2.45) is 7.05 Å². The van der Waals surface area contributed by atoms with Gasteiger partial charge in [0.2, 0.25) is 0 Å². The third-order valence-corrected chi connectivity index (χ3v) is 5.62. The summed E-state index contributed by atoms with van der Waals surface area (Å²) in [4.78, 5) is 22.7. The summed E-state index contributed by atoms with van der Waals surface area (Å²) in [5.74, 6) is 0.895. The highest BCUT2D eigenvalue weighted by Crippen LogP contribution is 2.26. The first kappa shape index (κ1) is 18.5. The van der Waals surface area contributed by atoms with E-state index in [1.54, 1.807) is 4.57 Å². The fourth-order valence-corrected chi connectivity index (χ4v) is 4.05. The molecule has 3 rings (SSSR count). The molecule has 2 heterocycles. The van der Waals surface area contributed by atoms with Gasteiger partial charge in [-0.2, -0.15) is 0 Å². The molecule has 1 atom stereocenters. The van der Waals surface area contributed by atoms with Gasteiger partial charge in [0.15, 0.2) is 0 Å². The van der Waals surface area contributed by atoms with Crippen LogP contribution in [0.25, 0.3) is 10.9 Å². The molecule has 136 valence electrons. The minimum atomic E-state index is 0.0364. The molecule has 1 aromatic carbocycles. The highest BCUT2D eigenvalue weighted by atomic mass is 79.9. The lowest BCUT2D eigenvalue weighted by molar-refractivity contribution is 0.181. The van der Waals surface area contributed by atoms with Crippen LogP contribution in [0.3, 0.4) is 0 Å². The van der Waals surface area contributed by atoms with Gasteiger partial charge >= 0.3 is 0 Å². The number of likely N-dealkylation sites (N-methyl/N-ethyl adjacent to an activating group) is 1. The SMILES string of the molecule is CCCC(c1nc2ccc(Br)cc2c(=O)n1C)N1CCCN(C)CC1. The summed E-state index contributed by atoms with van der Waals surface area (Å²) in [5, 5.41) is 0.673. The number of nitrogens with zero attached hydrogens (tertiary/aromatic N) is 4. The summed E-state index contributed by atoms with van der Waals surface area (Å²) in [5.41, 5.74) is 0.823. The summed E-state index contributed by atoms with van der Waals surface area (Å²) in [6.07, 6.45) is 3.25. The Morgan fingerprint density at radius 2 is 2.00 bits per heavy atom. The van der Waals surface area contributed by atoms with Crippen LogP contribution in [0.2, 0.25) is 0 Å². The van der Waals surface area contributed by atoms with Gasteiger partial charge in [0.05, 0.1) is 16.9 Å². The lowest BCUT2D eigenvalue weighted by Crippen LogP contribution is -2.36. The van der Waals surface area contributed by atoms with Gasteiger partial charge in [0, 0.05) is 31.2 Å². The van der Waals surface area contributed by atoms with Crippen LogP contribution in [-0.4, -0.2) is 52.6 Å². The summed E-state index contributed by atoms with van der Waals surface area (Å²) >= 11 is 3.45. The molecule has 0 aliphatic carbocycles. The largest absolute Gasteiger partial charge is 0.305 e. The predicted molar refractivity (Wildman–Crippen MR) is 106 cm³/mol. The first-order chi connectivity index (χ1) is 12.0. The van der Waals surface area contributed by atoms with Crippen molar-refractivity contribution in [3.8, 4) is 0 Å². The Bertz CT molecular complexity index is 804. The number of fused-ring (bicyclic) bond motifs is 1. The zero-order valence-electron chi connectivity index (χ0n) is 15.3. The summed E-state index contributed by atoms with van der Waals surface area (Å²) in [6, 6.07) is 5.95. The monoisotopic (exact) mass is 406 g/mol. The van der Waals surface area contributed by atoms with Gasteiger partial charge in [-0.05, 0) is 44.6 Å². The molecule has 6 heteroatoms. The van der Waals surface area contributed by atoms with Crippen molar-refractivity contribution in [3.05, 3.63) is 38.9 Å².